The van der Waals surface area contributed by atoms with E-state index in [1.165, 1.54) is 10.7 Å². The lowest BCUT2D eigenvalue weighted by molar-refractivity contribution is 0.414. The zero-order valence-electron chi connectivity index (χ0n) is 9.05. The lowest BCUT2D eigenvalue weighted by Gasteiger charge is -2.06. The van der Waals surface area contributed by atoms with Crippen LogP contribution in [0.3, 0.4) is 0 Å². The molecule has 1 heterocycles. The monoisotopic (exact) mass is 251 g/mol. The molecule has 5 nitrogen and oxygen atoms in total. The van der Waals surface area contributed by atoms with E-state index in [2.05, 4.69) is 5.10 Å². The van der Waals surface area contributed by atoms with E-state index < -0.39 is 0 Å². The van der Waals surface area contributed by atoms with Crippen LogP contribution in [0.1, 0.15) is 0 Å². The quantitative estimate of drug-likeness (QED) is 0.878. The number of halogens is 1. The number of aromatic nitrogens is 2. The van der Waals surface area contributed by atoms with E-state index in [9.17, 15) is 4.79 Å². The Labute approximate surface area is 102 Å². The first kappa shape index (κ1) is 11.5. The first-order valence-electron chi connectivity index (χ1n) is 4.81. The molecule has 0 bridgehead atoms. The molecule has 2 rings (SSSR count). The van der Waals surface area contributed by atoms with Gasteiger partial charge in [-0.1, -0.05) is 11.6 Å². The number of anilines is 1. The normalized spacial score (nSPS) is 10.2. The summed E-state index contributed by atoms with van der Waals surface area (Å²) in [6, 6.07) is 8.11. The van der Waals surface area contributed by atoms with Gasteiger partial charge >= 0.3 is 0 Å². The van der Waals surface area contributed by atoms with Gasteiger partial charge in [-0.15, -0.1) is 0 Å². The summed E-state index contributed by atoms with van der Waals surface area (Å²) in [6.07, 6.45) is 0. The predicted molar refractivity (Wildman–Crippen MR) is 65.8 cm³/mol. The van der Waals surface area contributed by atoms with Crippen molar-refractivity contribution in [2.75, 3.05) is 12.8 Å². The Kier molecular flexibility index (Phi) is 3.01. The van der Waals surface area contributed by atoms with Gasteiger partial charge in [0.25, 0.3) is 5.56 Å². The average molecular weight is 252 g/mol. The molecule has 0 aliphatic heterocycles. The predicted octanol–water partition coefficient (Wildman–Crippen LogP) is 1.48. The van der Waals surface area contributed by atoms with E-state index >= 15 is 0 Å². The minimum atomic E-state index is -0.336. The van der Waals surface area contributed by atoms with Crippen LogP contribution in [0.5, 0.6) is 5.75 Å². The van der Waals surface area contributed by atoms with Crippen LogP contribution in [-0.4, -0.2) is 16.9 Å². The molecule has 0 saturated heterocycles. The fourth-order valence-corrected chi connectivity index (χ4v) is 1.49. The smallest absolute Gasteiger partial charge is 0.273 e. The van der Waals surface area contributed by atoms with Crippen LogP contribution in [0.25, 0.3) is 5.69 Å². The zero-order valence-corrected chi connectivity index (χ0v) is 9.81. The molecule has 17 heavy (non-hydrogen) atoms. The Morgan fingerprint density at radius 3 is 2.59 bits per heavy atom. The van der Waals surface area contributed by atoms with Gasteiger partial charge in [0.05, 0.1) is 18.5 Å². The van der Waals surface area contributed by atoms with Gasteiger partial charge in [-0.25, -0.2) is 0 Å². The maximum atomic E-state index is 11.7. The highest BCUT2D eigenvalue weighted by atomic mass is 35.5. The third kappa shape index (κ3) is 2.24. The summed E-state index contributed by atoms with van der Waals surface area (Å²) in [7, 11) is 1.57. The van der Waals surface area contributed by atoms with Gasteiger partial charge in [-0.2, -0.15) is 9.78 Å². The molecule has 0 radical (unpaired) electrons. The topological polar surface area (TPSA) is 70.1 Å². The van der Waals surface area contributed by atoms with Crippen molar-refractivity contribution in [3.8, 4) is 11.4 Å². The van der Waals surface area contributed by atoms with Gasteiger partial charge in [0.15, 0.2) is 5.15 Å². The second-order valence-corrected chi connectivity index (χ2v) is 3.70. The Hall–Kier alpha value is -2.01. The zero-order chi connectivity index (χ0) is 12.4. The van der Waals surface area contributed by atoms with Crippen molar-refractivity contribution in [3.05, 3.63) is 45.8 Å². The van der Waals surface area contributed by atoms with E-state index in [1.54, 1.807) is 31.4 Å². The van der Waals surface area contributed by atoms with Crippen LogP contribution in [-0.2, 0) is 0 Å². The SMILES string of the molecule is COc1ccc(-n2nc(Cl)c(N)cc2=O)cc1. The number of benzene rings is 1. The molecule has 1 aromatic carbocycles. The average Bonchev–Trinajstić information content (AvgIpc) is 2.34. The summed E-state index contributed by atoms with van der Waals surface area (Å²) in [6.45, 7) is 0. The lowest BCUT2D eigenvalue weighted by atomic mass is 10.3. The van der Waals surface area contributed by atoms with E-state index in [0.717, 1.165) is 0 Å². The molecule has 2 aromatic rings. The third-order valence-electron chi connectivity index (χ3n) is 2.23. The minimum absolute atomic E-state index is 0.0976. The molecule has 0 aliphatic carbocycles. The Bertz CT molecular complexity index is 593. The van der Waals surface area contributed by atoms with Gasteiger partial charge in [-0.05, 0) is 24.3 Å². The van der Waals surface area contributed by atoms with Gasteiger partial charge in [0, 0.05) is 6.07 Å². The van der Waals surface area contributed by atoms with Crippen molar-refractivity contribution in [2.45, 2.75) is 0 Å². The van der Waals surface area contributed by atoms with Gasteiger partial charge in [0.2, 0.25) is 0 Å². The summed E-state index contributed by atoms with van der Waals surface area (Å²) >= 11 is 5.77. The number of ether oxygens (including phenoxy) is 1. The highest BCUT2D eigenvalue weighted by molar-refractivity contribution is 6.31. The first-order chi connectivity index (χ1) is 8.11. The van der Waals surface area contributed by atoms with Gasteiger partial charge in [0.1, 0.15) is 5.75 Å². The number of rotatable bonds is 2. The number of hydrogen-bond acceptors (Lipinski definition) is 4. The maximum absolute atomic E-state index is 11.7. The molecule has 6 heteroatoms. The Balaban J connectivity index is 2.52. The molecule has 0 unspecified atom stereocenters. The first-order valence-corrected chi connectivity index (χ1v) is 5.19. The molecule has 88 valence electrons. The number of nitrogen functional groups attached to an aromatic ring is 1. The summed E-state index contributed by atoms with van der Waals surface area (Å²) in [5.41, 5.74) is 5.91. The standard InChI is InChI=1S/C11H10ClN3O2/c1-17-8-4-2-7(3-5-8)15-10(16)6-9(13)11(12)14-15/h2-6H,13H2,1H3. The molecular weight excluding hydrogens is 242 g/mol. The molecule has 0 spiro atoms. The van der Waals surface area contributed by atoms with E-state index in [4.69, 9.17) is 22.1 Å². The second kappa shape index (κ2) is 4.47. The van der Waals surface area contributed by atoms with Crippen LogP contribution in [0.4, 0.5) is 5.69 Å². The molecule has 1 aromatic heterocycles. The summed E-state index contributed by atoms with van der Waals surface area (Å²) in [5, 5.41) is 4.00. The number of methoxy groups -OCH3 is 1. The largest absolute Gasteiger partial charge is 0.497 e. The van der Waals surface area contributed by atoms with Crippen LogP contribution in [0.15, 0.2) is 35.1 Å². The summed E-state index contributed by atoms with van der Waals surface area (Å²) in [5.74, 6) is 0.698. The van der Waals surface area contributed by atoms with Crippen molar-refractivity contribution >= 4 is 17.3 Å². The molecule has 0 amide bonds. The fraction of sp³-hybridized carbons (Fsp3) is 0.0909. The van der Waals surface area contributed by atoms with Gasteiger partial charge < -0.3 is 10.5 Å². The molecule has 0 fully saturated rings. The molecule has 0 atom stereocenters. The van der Waals surface area contributed by atoms with Crippen molar-refractivity contribution in [1.29, 1.82) is 0 Å². The highest BCUT2D eigenvalue weighted by Crippen LogP contribution is 2.15. The number of nitrogens with zero attached hydrogens (tertiary/aromatic N) is 2. The second-order valence-electron chi connectivity index (χ2n) is 3.34. The van der Waals surface area contributed by atoms with E-state index in [0.29, 0.717) is 11.4 Å². The van der Waals surface area contributed by atoms with Crippen LogP contribution in [0.2, 0.25) is 5.15 Å². The highest BCUT2D eigenvalue weighted by Gasteiger charge is 2.05. The van der Waals surface area contributed by atoms with E-state index in [-0.39, 0.29) is 16.4 Å². The van der Waals surface area contributed by atoms with Crippen molar-refractivity contribution < 1.29 is 4.74 Å². The lowest BCUT2D eigenvalue weighted by Crippen LogP contribution is -2.21. The molecule has 2 N–H and O–H groups in total. The van der Waals surface area contributed by atoms with E-state index in [1.807, 2.05) is 0 Å². The molecule has 0 saturated carbocycles. The summed E-state index contributed by atoms with van der Waals surface area (Å²) < 4.78 is 6.20. The third-order valence-corrected chi connectivity index (χ3v) is 2.52. The Morgan fingerprint density at radius 1 is 1.35 bits per heavy atom. The van der Waals surface area contributed by atoms with Crippen LogP contribution in [0, 0.1) is 0 Å². The van der Waals surface area contributed by atoms with Crippen molar-refractivity contribution in [2.24, 2.45) is 0 Å². The minimum Gasteiger partial charge on any atom is -0.497 e. The molecule has 0 aliphatic rings. The van der Waals surface area contributed by atoms with Gasteiger partial charge in [-0.3, -0.25) is 4.79 Å². The van der Waals surface area contributed by atoms with Crippen LogP contribution < -0.4 is 16.0 Å². The number of nitrogens with two attached hydrogens (primary N) is 1. The maximum Gasteiger partial charge on any atom is 0.273 e. The van der Waals surface area contributed by atoms with Crippen molar-refractivity contribution in [1.82, 2.24) is 9.78 Å². The summed E-state index contributed by atoms with van der Waals surface area (Å²) in [4.78, 5) is 11.7. The Morgan fingerprint density at radius 2 is 2.00 bits per heavy atom. The van der Waals surface area contributed by atoms with Crippen molar-refractivity contribution in [3.63, 3.8) is 0 Å². The molecular formula is C11H10ClN3O2. The fourth-order valence-electron chi connectivity index (χ4n) is 1.36. The van der Waals surface area contributed by atoms with Crippen LogP contribution >= 0.6 is 11.6 Å². The number of hydrogen-bond donors (Lipinski definition) is 1.